The minimum Gasteiger partial charge on any atom is -0.381 e. The Morgan fingerprint density at radius 3 is 3.00 bits per heavy atom. The molecule has 0 saturated carbocycles. The van der Waals surface area contributed by atoms with Gasteiger partial charge in [0.05, 0.1) is 10.4 Å². The maximum Gasteiger partial charge on any atom is 0.193 e. The van der Waals surface area contributed by atoms with E-state index in [1.54, 1.807) is 11.3 Å². The van der Waals surface area contributed by atoms with Crippen LogP contribution in [0.5, 0.6) is 0 Å². The van der Waals surface area contributed by atoms with Crippen LogP contribution in [-0.4, -0.2) is 50.8 Å². The Hall–Kier alpha value is 0.140. The lowest BCUT2D eigenvalue weighted by atomic mass is 9.87. The third kappa shape index (κ3) is 4.36. The van der Waals surface area contributed by atoms with Crippen LogP contribution in [0.1, 0.15) is 17.7 Å². The fourth-order valence-corrected chi connectivity index (χ4v) is 4.69. The van der Waals surface area contributed by atoms with Gasteiger partial charge < -0.3 is 15.0 Å². The van der Waals surface area contributed by atoms with Crippen LogP contribution in [0.2, 0.25) is 0 Å². The van der Waals surface area contributed by atoms with E-state index in [0.29, 0.717) is 5.41 Å². The second kappa shape index (κ2) is 8.30. The fraction of sp³-hybridized carbons (Fsp3) is 0.667. The zero-order valence-electron chi connectivity index (χ0n) is 12.8. The average Bonchev–Trinajstić information content (AvgIpc) is 3.19. The van der Waals surface area contributed by atoms with E-state index in [0.717, 1.165) is 45.2 Å². The number of nitrogens with one attached hydrogen (secondary N) is 1. The maximum absolute atomic E-state index is 5.60. The molecule has 0 aliphatic carbocycles. The van der Waals surface area contributed by atoms with Gasteiger partial charge in [-0.3, -0.25) is 4.99 Å². The molecule has 1 atom stereocenters. The summed E-state index contributed by atoms with van der Waals surface area (Å²) in [6.07, 6.45) is 3.46. The number of likely N-dealkylation sites (tertiary alicyclic amines) is 1. The van der Waals surface area contributed by atoms with Gasteiger partial charge in [0.2, 0.25) is 0 Å². The van der Waals surface area contributed by atoms with Crippen LogP contribution in [0.25, 0.3) is 0 Å². The predicted octanol–water partition coefficient (Wildman–Crippen LogP) is 3.36. The third-order valence-electron chi connectivity index (χ3n) is 4.42. The second-order valence-corrected chi connectivity index (χ2v) is 8.45. The van der Waals surface area contributed by atoms with Crippen LogP contribution in [0.3, 0.4) is 0 Å². The van der Waals surface area contributed by atoms with Crippen LogP contribution in [0, 0.1) is 5.41 Å². The molecule has 124 valence electrons. The van der Waals surface area contributed by atoms with Crippen LogP contribution >= 0.6 is 51.2 Å². The Morgan fingerprint density at radius 1 is 1.50 bits per heavy atom. The molecule has 2 fully saturated rings. The number of hydrogen-bond acceptors (Lipinski definition) is 3. The number of rotatable bonds is 3. The lowest BCUT2D eigenvalue weighted by molar-refractivity contribution is 0.156. The summed E-state index contributed by atoms with van der Waals surface area (Å²) in [6.45, 7) is 4.95. The SMILES string of the molecule is CN=C(NCCc1ccc(Br)s1)N1CCC2(CCOC2)C1.I. The molecular formula is C15H23BrIN3OS. The molecule has 1 aromatic rings. The first-order valence-electron chi connectivity index (χ1n) is 7.48. The van der Waals surface area contributed by atoms with Gasteiger partial charge in [-0.05, 0) is 47.3 Å². The number of guanidine groups is 1. The summed E-state index contributed by atoms with van der Waals surface area (Å²) in [7, 11) is 1.88. The number of aliphatic imine (C=N–C) groups is 1. The van der Waals surface area contributed by atoms with E-state index in [4.69, 9.17) is 4.74 Å². The van der Waals surface area contributed by atoms with E-state index in [1.807, 2.05) is 7.05 Å². The average molecular weight is 500 g/mol. The topological polar surface area (TPSA) is 36.9 Å². The molecule has 3 heterocycles. The molecule has 3 rings (SSSR count). The predicted molar refractivity (Wildman–Crippen MR) is 107 cm³/mol. The molecule has 0 aromatic carbocycles. The van der Waals surface area contributed by atoms with Crippen molar-refractivity contribution in [3.63, 3.8) is 0 Å². The van der Waals surface area contributed by atoms with Crippen molar-refractivity contribution >= 4 is 57.2 Å². The highest BCUT2D eigenvalue weighted by Crippen LogP contribution is 2.38. The Morgan fingerprint density at radius 2 is 2.36 bits per heavy atom. The molecule has 1 unspecified atom stereocenters. The number of thiophene rings is 1. The zero-order chi connectivity index (χ0) is 14.7. The summed E-state index contributed by atoms with van der Waals surface area (Å²) in [5.41, 5.74) is 0.385. The molecule has 1 spiro atoms. The molecule has 1 N–H and O–H groups in total. The summed E-state index contributed by atoms with van der Waals surface area (Å²) >= 11 is 5.31. The number of hydrogen-bond donors (Lipinski definition) is 1. The second-order valence-electron chi connectivity index (χ2n) is 5.90. The summed E-state index contributed by atoms with van der Waals surface area (Å²) in [4.78, 5) is 8.23. The normalized spacial score (nSPS) is 24.8. The highest BCUT2D eigenvalue weighted by atomic mass is 127. The molecule has 4 nitrogen and oxygen atoms in total. The van der Waals surface area contributed by atoms with Gasteiger partial charge in [0.1, 0.15) is 0 Å². The smallest absolute Gasteiger partial charge is 0.193 e. The van der Waals surface area contributed by atoms with E-state index in [9.17, 15) is 0 Å². The van der Waals surface area contributed by atoms with Crippen LogP contribution in [0.4, 0.5) is 0 Å². The van der Waals surface area contributed by atoms with Crippen molar-refractivity contribution in [1.82, 2.24) is 10.2 Å². The summed E-state index contributed by atoms with van der Waals surface area (Å²) in [5.74, 6) is 1.04. The lowest BCUT2D eigenvalue weighted by Crippen LogP contribution is -2.42. The largest absolute Gasteiger partial charge is 0.381 e. The Bertz CT molecular complexity index is 517. The number of ether oxygens (including phenoxy) is 1. The molecule has 2 aliphatic rings. The van der Waals surface area contributed by atoms with Crippen LogP contribution in [0.15, 0.2) is 20.9 Å². The van der Waals surface area contributed by atoms with Crippen molar-refractivity contribution in [1.29, 1.82) is 0 Å². The van der Waals surface area contributed by atoms with Gasteiger partial charge in [-0.15, -0.1) is 35.3 Å². The number of halogens is 2. The van der Waals surface area contributed by atoms with Crippen molar-refractivity contribution in [3.8, 4) is 0 Å². The molecule has 22 heavy (non-hydrogen) atoms. The fourth-order valence-electron chi connectivity index (χ4n) is 3.20. The maximum atomic E-state index is 5.60. The van der Waals surface area contributed by atoms with Crippen molar-refractivity contribution in [2.45, 2.75) is 19.3 Å². The Kier molecular flexibility index (Phi) is 6.97. The minimum absolute atomic E-state index is 0. The Balaban J connectivity index is 0.00000176. The zero-order valence-corrected chi connectivity index (χ0v) is 17.5. The van der Waals surface area contributed by atoms with Crippen molar-refractivity contribution in [3.05, 3.63) is 20.8 Å². The molecule has 0 bridgehead atoms. The van der Waals surface area contributed by atoms with Crippen molar-refractivity contribution < 1.29 is 4.74 Å². The summed E-state index contributed by atoms with van der Waals surface area (Å²) < 4.78 is 6.79. The molecule has 2 saturated heterocycles. The van der Waals surface area contributed by atoms with Crippen LogP contribution in [-0.2, 0) is 11.2 Å². The van der Waals surface area contributed by atoms with Gasteiger partial charge in [0.25, 0.3) is 0 Å². The van der Waals surface area contributed by atoms with E-state index in [-0.39, 0.29) is 24.0 Å². The summed E-state index contributed by atoms with van der Waals surface area (Å²) in [5, 5.41) is 3.50. The van der Waals surface area contributed by atoms with Gasteiger partial charge in [-0.1, -0.05) is 0 Å². The monoisotopic (exact) mass is 499 g/mol. The minimum atomic E-state index is 0. The first-order valence-corrected chi connectivity index (χ1v) is 9.09. The lowest BCUT2D eigenvalue weighted by Gasteiger charge is -2.24. The highest BCUT2D eigenvalue weighted by Gasteiger charge is 2.42. The molecular weight excluding hydrogens is 477 g/mol. The van der Waals surface area contributed by atoms with Gasteiger partial charge in [-0.2, -0.15) is 0 Å². The molecule has 2 aliphatic heterocycles. The number of nitrogens with zero attached hydrogens (tertiary/aromatic N) is 2. The van der Waals surface area contributed by atoms with Crippen molar-refractivity contribution in [2.75, 3.05) is 39.9 Å². The standard InChI is InChI=1S/C15H22BrN3OS.HI/c1-17-14(18-7-4-12-2-3-13(16)21-12)19-8-5-15(10-19)6-9-20-11-15;/h2-3H,4-11H2,1H3,(H,17,18);1H. The van der Waals surface area contributed by atoms with E-state index < -0.39 is 0 Å². The van der Waals surface area contributed by atoms with E-state index >= 15 is 0 Å². The third-order valence-corrected chi connectivity index (χ3v) is 6.10. The molecule has 0 amide bonds. The first-order chi connectivity index (χ1) is 10.2. The Labute approximate surface area is 161 Å². The van der Waals surface area contributed by atoms with Gasteiger partial charge in [-0.25, -0.2) is 0 Å². The highest BCUT2D eigenvalue weighted by molar-refractivity contribution is 14.0. The molecule has 1 aromatic heterocycles. The first kappa shape index (κ1) is 18.5. The quantitative estimate of drug-likeness (QED) is 0.393. The van der Waals surface area contributed by atoms with Gasteiger partial charge in [0.15, 0.2) is 5.96 Å². The van der Waals surface area contributed by atoms with E-state index in [1.165, 1.54) is 21.5 Å². The van der Waals surface area contributed by atoms with Crippen LogP contribution < -0.4 is 5.32 Å². The van der Waals surface area contributed by atoms with Gasteiger partial charge >= 0.3 is 0 Å². The van der Waals surface area contributed by atoms with Crippen molar-refractivity contribution in [2.24, 2.45) is 10.4 Å². The molecule has 0 radical (unpaired) electrons. The van der Waals surface area contributed by atoms with Gasteiger partial charge in [0, 0.05) is 43.6 Å². The summed E-state index contributed by atoms with van der Waals surface area (Å²) in [6, 6.07) is 4.29. The molecule has 7 heteroatoms. The van der Waals surface area contributed by atoms with E-state index in [2.05, 4.69) is 43.3 Å².